The molecule has 29 heavy (non-hydrogen) atoms. The summed E-state index contributed by atoms with van der Waals surface area (Å²) in [6, 6.07) is 20.2. The molecule has 0 saturated carbocycles. The van der Waals surface area contributed by atoms with Gasteiger partial charge in [-0.05, 0) is 35.7 Å². The van der Waals surface area contributed by atoms with Gasteiger partial charge in [0.2, 0.25) is 11.7 Å². The molecule has 0 N–H and O–H groups in total. The lowest BCUT2D eigenvalue weighted by Gasteiger charge is -2.06. The van der Waals surface area contributed by atoms with Gasteiger partial charge in [-0.3, -0.25) is 0 Å². The van der Waals surface area contributed by atoms with E-state index in [0.717, 1.165) is 26.3 Å². The van der Waals surface area contributed by atoms with Crippen molar-refractivity contribution in [1.82, 2.24) is 20.3 Å². The van der Waals surface area contributed by atoms with Crippen LogP contribution in [-0.2, 0) is 5.75 Å². The summed E-state index contributed by atoms with van der Waals surface area (Å²) in [6.45, 7) is 4.37. The normalized spacial score (nSPS) is 11.2. The molecule has 0 unspecified atom stereocenters. The smallest absolute Gasteiger partial charge is 0.237 e. The molecule has 2 heterocycles. The topological polar surface area (TPSA) is 64.7 Å². The third-order valence-corrected chi connectivity index (χ3v) is 5.81. The van der Waals surface area contributed by atoms with Crippen LogP contribution in [-0.4, -0.2) is 20.3 Å². The molecule has 4 aromatic rings. The number of aromatic nitrogens is 4. The highest BCUT2D eigenvalue weighted by Gasteiger charge is 2.10. The van der Waals surface area contributed by atoms with E-state index >= 15 is 0 Å². The van der Waals surface area contributed by atoms with Crippen molar-refractivity contribution in [2.75, 3.05) is 0 Å². The monoisotopic (exact) mass is 466 g/mol. The second kappa shape index (κ2) is 8.88. The van der Waals surface area contributed by atoms with Gasteiger partial charge >= 0.3 is 0 Å². The van der Waals surface area contributed by atoms with Crippen LogP contribution in [0.3, 0.4) is 0 Å². The molecular weight excluding hydrogens is 448 g/mol. The maximum Gasteiger partial charge on any atom is 0.237 e. The summed E-state index contributed by atoms with van der Waals surface area (Å²) in [7, 11) is 0. The van der Waals surface area contributed by atoms with Gasteiger partial charge < -0.3 is 4.52 Å². The van der Waals surface area contributed by atoms with E-state index in [2.05, 4.69) is 74.4 Å². The summed E-state index contributed by atoms with van der Waals surface area (Å²) in [6.07, 6.45) is 0. The SMILES string of the molecule is CC(C)c1ccc(-c2ccc(SCc3nc(-c4cccc(Br)c4)no3)nn2)cc1. The van der Waals surface area contributed by atoms with Crippen molar-refractivity contribution in [2.45, 2.75) is 30.5 Å². The van der Waals surface area contributed by atoms with E-state index < -0.39 is 0 Å². The minimum atomic E-state index is 0.516. The maximum atomic E-state index is 5.36. The number of hydrogen-bond acceptors (Lipinski definition) is 6. The highest BCUT2D eigenvalue weighted by molar-refractivity contribution is 9.10. The summed E-state index contributed by atoms with van der Waals surface area (Å²) in [5.74, 6) is 2.19. The van der Waals surface area contributed by atoms with Crippen molar-refractivity contribution in [1.29, 1.82) is 0 Å². The first-order valence-corrected chi connectivity index (χ1v) is 11.0. The van der Waals surface area contributed by atoms with Crippen molar-refractivity contribution >= 4 is 27.7 Å². The molecule has 0 aliphatic rings. The quantitative estimate of drug-likeness (QED) is 0.307. The van der Waals surface area contributed by atoms with Crippen LogP contribution in [0.4, 0.5) is 0 Å². The van der Waals surface area contributed by atoms with E-state index in [1.807, 2.05) is 36.4 Å². The van der Waals surface area contributed by atoms with Crippen LogP contribution in [0.2, 0.25) is 0 Å². The van der Waals surface area contributed by atoms with E-state index in [9.17, 15) is 0 Å². The summed E-state index contributed by atoms with van der Waals surface area (Å²) in [4.78, 5) is 4.46. The fraction of sp³-hybridized carbons (Fsp3) is 0.182. The highest BCUT2D eigenvalue weighted by Crippen LogP contribution is 2.25. The molecule has 4 rings (SSSR count). The Morgan fingerprint density at radius 2 is 1.79 bits per heavy atom. The van der Waals surface area contributed by atoms with E-state index in [4.69, 9.17) is 4.52 Å². The fourth-order valence-corrected chi connectivity index (χ4v) is 3.83. The number of rotatable bonds is 6. The lowest BCUT2D eigenvalue weighted by atomic mass is 10.0. The zero-order chi connectivity index (χ0) is 20.2. The van der Waals surface area contributed by atoms with Crippen LogP contribution in [0, 0.1) is 0 Å². The second-order valence-electron chi connectivity index (χ2n) is 6.84. The third kappa shape index (κ3) is 4.92. The minimum Gasteiger partial charge on any atom is -0.338 e. The number of benzene rings is 2. The lowest BCUT2D eigenvalue weighted by Crippen LogP contribution is -1.91. The lowest BCUT2D eigenvalue weighted by molar-refractivity contribution is 0.391. The van der Waals surface area contributed by atoms with E-state index in [1.54, 1.807) is 0 Å². The van der Waals surface area contributed by atoms with Crippen LogP contribution in [0.5, 0.6) is 0 Å². The molecule has 0 amide bonds. The van der Waals surface area contributed by atoms with Gasteiger partial charge in [-0.2, -0.15) is 4.98 Å². The van der Waals surface area contributed by atoms with Gasteiger partial charge in [0.1, 0.15) is 5.03 Å². The molecule has 0 fully saturated rings. The van der Waals surface area contributed by atoms with Crippen molar-refractivity contribution in [3.8, 4) is 22.6 Å². The number of thioether (sulfide) groups is 1. The molecule has 2 aromatic carbocycles. The Morgan fingerprint density at radius 3 is 2.48 bits per heavy atom. The maximum absolute atomic E-state index is 5.36. The highest BCUT2D eigenvalue weighted by atomic mass is 79.9. The number of hydrogen-bond donors (Lipinski definition) is 0. The molecule has 7 heteroatoms. The van der Waals surface area contributed by atoms with E-state index in [1.165, 1.54) is 17.3 Å². The summed E-state index contributed by atoms with van der Waals surface area (Å²) in [5.41, 5.74) is 4.15. The molecule has 146 valence electrons. The van der Waals surface area contributed by atoms with Gasteiger partial charge in [-0.1, -0.05) is 83.1 Å². The van der Waals surface area contributed by atoms with Crippen LogP contribution >= 0.6 is 27.7 Å². The van der Waals surface area contributed by atoms with Crippen LogP contribution < -0.4 is 0 Å². The average molecular weight is 467 g/mol. The van der Waals surface area contributed by atoms with Crippen LogP contribution in [0.25, 0.3) is 22.6 Å². The van der Waals surface area contributed by atoms with E-state index in [-0.39, 0.29) is 0 Å². The average Bonchev–Trinajstić information content (AvgIpc) is 3.22. The summed E-state index contributed by atoms with van der Waals surface area (Å²) in [5, 5.41) is 13.5. The first kappa shape index (κ1) is 19.8. The number of nitrogens with zero attached hydrogens (tertiary/aromatic N) is 4. The van der Waals surface area contributed by atoms with Gasteiger partial charge in [-0.25, -0.2) is 0 Å². The Bertz CT molecular complexity index is 1090. The molecule has 0 atom stereocenters. The van der Waals surface area contributed by atoms with Crippen molar-refractivity contribution < 1.29 is 4.52 Å². The summed E-state index contributed by atoms with van der Waals surface area (Å²) >= 11 is 4.97. The Balaban J connectivity index is 1.39. The molecule has 5 nitrogen and oxygen atoms in total. The minimum absolute atomic E-state index is 0.516. The van der Waals surface area contributed by atoms with Crippen LogP contribution in [0.15, 0.2) is 74.7 Å². The Hall–Kier alpha value is -2.51. The standard InChI is InChI=1S/C22H19BrN4OS/c1-14(2)15-6-8-16(9-7-15)19-10-11-21(26-25-19)29-13-20-24-22(27-28-20)17-4-3-5-18(23)12-17/h3-12,14H,13H2,1-2H3. The van der Waals surface area contributed by atoms with Gasteiger partial charge in [0.15, 0.2) is 0 Å². The predicted octanol–water partition coefficient (Wildman–Crippen LogP) is 6.37. The van der Waals surface area contributed by atoms with Crippen molar-refractivity contribution in [3.05, 3.63) is 76.6 Å². The van der Waals surface area contributed by atoms with Crippen molar-refractivity contribution in [2.24, 2.45) is 0 Å². The first-order chi connectivity index (χ1) is 14.1. The Labute approximate surface area is 182 Å². The molecule has 0 saturated heterocycles. The fourth-order valence-electron chi connectivity index (χ4n) is 2.78. The predicted molar refractivity (Wildman–Crippen MR) is 119 cm³/mol. The largest absolute Gasteiger partial charge is 0.338 e. The zero-order valence-corrected chi connectivity index (χ0v) is 18.4. The number of halogens is 1. The Morgan fingerprint density at radius 1 is 0.966 bits per heavy atom. The molecule has 2 aromatic heterocycles. The second-order valence-corrected chi connectivity index (χ2v) is 8.76. The third-order valence-electron chi connectivity index (χ3n) is 4.41. The first-order valence-electron chi connectivity index (χ1n) is 9.24. The van der Waals surface area contributed by atoms with Gasteiger partial charge in [0, 0.05) is 15.6 Å². The van der Waals surface area contributed by atoms with E-state index in [0.29, 0.717) is 23.4 Å². The molecular formula is C22H19BrN4OS. The molecule has 0 aliphatic carbocycles. The molecule has 0 radical (unpaired) electrons. The van der Waals surface area contributed by atoms with Crippen LogP contribution in [0.1, 0.15) is 31.2 Å². The molecule has 0 spiro atoms. The zero-order valence-electron chi connectivity index (χ0n) is 16.0. The van der Waals surface area contributed by atoms with Gasteiger partial charge in [0.25, 0.3) is 0 Å². The molecule has 0 aliphatic heterocycles. The van der Waals surface area contributed by atoms with Crippen molar-refractivity contribution in [3.63, 3.8) is 0 Å². The van der Waals surface area contributed by atoms with Gasteiger partial charge in [-0.15, -0.1) is 10.2 Å². The van der Waals surface area contributed by atoms with Gasteiger partial charge in [0.05, 0.1) is 11.4 Å². The Kier molecular flexibility index (Phi) is 6.06. The molecule has 0 bridgehead atoms. The summed E-state index contributed by atoms with van der Waals surface area (Å²) < 4.78 is 6.34.